The molecule has 0 atom stereocenters. The van der Waals surface area contributed by atoms with Gasteiger partial charge in [-0.3, -0.25) is 0 Å². The van der Waals surface area contributed by atoms with Gasteiger partial charge in [-0.15, -0.1) is 11.6 Å². The van der Waals surface area contributed by atoms with E-state index in [-0.39, 0.29) is 5.60 Å². The molecule has 0 bridgehead atoms. The van der Waals surface area contributed by atoms with Gasteiger partial charge in [0, 0.05) is 26.2 Å². The van der Waals surface area contributed by atoms with Crippen molar-refractivity contribution in [1.82, 2.24) is 0 Å². The second-order valence-electron chi connectivity index (χ2n) is 4.43. The number of halogens is 1. The van der Waals surface area contributed by atoms with E-state index < -0.39 is 0 Å². The summed E-state index contributed by atoms with van der Waals surface area (Å²) in [5, 5.41) is 0. The molecule has 0 aliphatic rings. The minimum Gasteiger partial charge on any atom is -0.381 e. The lowest BCUT2D eigenvalue weighted by Gasteiger charge is -2.22. The zero-order valence-corrected chi connectivity index (χ0v) is 11.1. The van der Waals surface area contributed by atoms with Crippen LogP contribution in [0.1, 0.15) is 46.0 Å². The molecule has 0 rings (SSSR count). The predicted molar refractivity (Wildman–Crippen MR) is 65.7 cm³/mol. The molecule has 0 aliphatic carbocycles. The molecule has 0 aromatic rings. The van der Waals surface area contributed by atoms with Gasteiger partial charge in [0.2, 0.25) is 0 Å². The van der Waals surface area contributed by atoms with Crippen molar-refractivity contribution >= 4 is 11.6 Å². The monoisotopic (exact) mass is 236 g/mol. The van der Waals surface area contributed by atoms with E-state index in [9.17, 15) is 0 Å². The average molecular weight is 237 g/mol. The maximum absolute atomic E-state index is 5.59. The van der Waals surface area contributed by atoms with E-state index in [1.54, 1.807) is 7.11 Å². The molecule has 2 nitrogen and oxygen atoms in total. The molecule has 3 heteroatoms. The molecular formula is C12H25ClO2. The Morgan fingerprint density at radius 1 is 1.00 bits per heavy atom. The van der Waals surface area contributed by atoms with E-state index in [2.05, 4.69) is 13.8 Å². The van der Waals surface area contributed by atoms with Crippen molar-refractivity contribution in [2.45, 2.75) is 51.6 Å². The Hall–Kier alpha value is 0.210. The van der Waals surface area contributed by atoms with Gasteiger partial charge in [0.05, 0.1) is 5.60 Å². The predicted octanol–water partition coefficient (Wildman–Crippen LogP) is 3.62. The van der Waals surface area contributed by atoms with Crippen LogP contribution in [0.15, 0.2) is 0 Å². The molecule has 0 aliphatic heterocycles. The Kier molecular flexibility index (Phi) is 9.57. The number of hydrogen-bond donors (Lipinski definition) is 0. The van der Waals surface area contributed by atoms with Crippen LogP contribution < -0.4 is 0 Å². The Morgan fingerprint density at radius 2 is 1.67 bits per heavy atom. The van der Waals surface area contributed by atoms with Gasteiger partial charge in [-0.25, -0.2) is 0 Å². The number of ether oxygens (including phenoxy) is 2. The minimum absolute atomic E-state index is 0.0569. The van der Waals surface area contributed by atoms with Crippen LogP contribution in [0.2, 0.25) is 0 Å². The number of alkyl halides is 1. The third kappa shape index (κ3) is 10.5. The zero-order valence-electron chi connectivity index (χ0n) is 10.4. The fraction of sp³-hybridized carbons (Fsp3) is 1.00. The average Bonchev–Trinajstić information content (AvgIpc) is 2.22. The van der Waals surface area contributed by atoms with E-state index in [0.717, 1.165) is 38.4 Å². The molecule has 0 amide bonds. The van der Waals surface area contributed by atoms with Crippen molar-refractivity contribution in [3.8, 4) is 0 Å². The molecule has 92 valence electrons. The van der Waals surface area contributed by atoms with Crippen molar-refractivity contribution in [2.24, 2.45) is 0 Å². The van der Waals surface area contributed by atoms with E-state index in [1.807, 2.05) is 0 Å². The second kappa shape index (κ2) is 9.44. The summed E-state index contributed by atoms with van der Waals surface area (Å²) in [5.74, 6) is 0.781. The summed E-state index contributed by atoms with van der Waals surface area (Å²) < 4.78 is 10.8. The van der Waals surface area contributed by atoms with Crippen molar-refractivity contribution in [3.05, 3.63) is 0 Å². The Labute approximate surface area is 99.3 Å². The van der Waals surface area contributed by atoms with Gasteiger partial charge in [0.15, 0.2) is 0 Å². The van der Waals surface area contributed by atoms with Crippen molar-refractivity contribution in [2.75, 3.05) is 26.2 Å². The zero-order chi connectivity index (χ0) is 11.6. The second-order valence-corrected chi connectivity index (χ2v) is 4.81. The molecule has 0 heterocycles. The smallest absolute Gasteiger partial charge is 0.0644 e. The number of hydrogen-bond acceptors (Lipinski definition) is 2. The van der Waals surface area contributed by atoms with Crippen molar-refractivity contribution in [1.29, 1.82) is 0 Å². The van der Waals surface area contributed by atoms with Gasteiger partial charge in [-0.2, -0.15) is 0 Å². The highest BCUT2D eigenvalue weighted by Gasteiger charge is 2.15. The molecule has 0 unspecified atom stereocenters. The third-order valence-electron chi connectivity index (χ3n) is 2.57. The number of rotatable bonds is 10. The van der Waals surface area contributed by atoms with Gasteiger partial charge >= 0.3 is 0 Å². The standard InChI is InChI=1S/C12H25ClO2/c1-12(2,14-3)8-11-15-10-7-5-4-6-9-13/h4-11H2,1-3H3. The van der Waals surface area contributed by atoms with Gasteiger partial charge in [0.1, 0.15) is 0 Å². The summed E-state index contributed by atoms with van der Waals surface area (Å²) in [7, 11) is 1.74. The van der Waals surface area contributed by atoms with Crippen LogP contribution in [0, 0.1) is 0 Å². The maximum Gasteiger partial charge on any atom is 0.0644 e. The van der Waals surface area contributed by atoms with Crippen LogP contribution in [0.4, 0.5) is 0 Å². The quantitative estimate of drug-likeness (QED) is 0.426. The van der Waals surface area contributed by atoms with E-state index >= 15 is 0 Å². The molecule has 0 N–H and O–H groups in total. The molecule has 0 spiro atoms. The molecule has 0 aromatic carbocycles. The van der Waals surface area contributed by atoms with E-state index in [0.29, 0.717) is 0 Å². The molecule has 0 saturated heterocycles. The first-order chi connectivity index (χ1) is 7.12. The highest BCUT2D eigenvalue weighted by Crippen LogP contribution is 2.12. The van der Waals surface area contributed by atoms with E-state index in [1.165, 1.54) is 12.8 Å². The van der Waals surface area contributed by atoms with E-state index in [4.69, 9.17) is 21.1 Å². The molecule has 0 fully saturated rings. The molecule has 0 aromatic heterocycles. The molecule has 0 radical (unpaired) electrons. The first-order valence-electron chi connectivity index (χ1n) is 5.81. The topological polar surface area (TPSA) is 18.5 Å². The summed E-state index contributed by atoms with van der Waals surface area (Å²) in [4.78, 5) is 0. The lowest BCUT2D eigenvalue weighted by atomic mass is 10.1. The summed E-state index contributed by atoms with van der Waals surface area (Å²) in [6, 6.07) is 0. The van der Waals surface area contributed by atoms with Crippen LogP contribution >= 0.6 is 11.6 Å². The highest BCUT2D eigenvalue weighted by atomic mass is 35.5. The molecule has 15 heavy (non-hydrogen) atoms. The maximum atomic E-state index is 5.59. The van der Waals surface area contributed by atoms with Crippen molar-refractivity contribution < 1.29 is 9.47 Å². The van der Waals surface area contributed by atoms with Gasteiger partial charge in [0.25, 0.3) is 0 Å². The largest absolute Gasteiger partial charge is 0.381 e. The van der Waals surface area contributed by atoms with Gasteiger partial charge < -0.3 is 9.47 Å². The van der Waals surface area contributed by atoms with Crippen LogP contribution in [0.3, 0.4) is 0 Å². The minimum atomic E-state index is -0.0569. The third-order valence-corrected chi connectivity index (χ3v) is 2.84. The SMILES string of the molecule is COC(C)(C)CCOCCCCCCCl. The summed E-state index contributed by atoms with van der Waals surface area (Å²) in [5.41, 5.74) is -0.0569. The van der Waals surface area contributed by atoms with Crippen LogP contribution in [0.5, 0.6) is 0 Å². The fourth-order valence-electron chi connectivity index (χ4n) is 1.17. The first kappa shape index (κ1) is 15.2. The Bertz CT molecular complexity index is 138. The number of unbranched alkanes of at least 4 members (excludes halogenated alkanes) is 3. The van der Waals surface area contributed by atoms with Crippen LogP contribution in [-0.2, 0) is 9.47 Å². The summed E-state index contributed by atoms with van der Waals surface area (Å²) in [6.07, 6.45) is 5.66. The summed E-state index contributed by atoms with van der Waals surface area (Å²) >= 11 is 5.59. The Balaban J connectivity index is 3.11. The number of methoxy groups -OCH3 is 1. The Morgan fingerprint density at radius 3 is 2.27 bits per heavy atom. The van der Waals surface area contributed by atoms with Crippen LogP contribution in [0.25, 0.3) is 0 Å². The van der Waals surface area contributed by atoms with Crippen LogP contribution in [-0.4, -0.2) is 31.8 Å². The molecule has 0 saturated carbocycles. The fourth-order valence-corrected chi connectivity index (χ4v) is 1.36. The lowest BCUT2D eigenvalue weighted by Crippen LogP contribution is -2.24. The normalized spacial score (nSPS) is 12.0. The van der Waals surface area contributed by atoms with Crippen molar-refractivity contribution in [3.63, 3.8) is 0 Å². The van der Waals surface area contributed by atoms with Gasteiger partial charge in [-0.05, 0) is 33.1 Å². The summed E-state index contributed by atoms with van der Waals surface area (Å²) in [6.45, 7) is 5.81. The lowest BCUT2D eigenvalue weighted by molar-refractivity contribution is -0.0101. The first-order valence-corrected chi connectivity index (χ1v) is 6.35. The highest BCUT2D eigenvalue weighted by molar-refractivity contribution is 6.17. The van der Waals surface area contributed by atoms with Gasteiger partial charge in [-0.1, -0.05) is 12.8 Å². The molecular weight excluding hydrogens is 212 g/mol.